The topological polar surface area (TPSA) is 87.0 Å². The Bertz CT molecular complexity index is 637. The summed E-state index contributed by atoms with van der Waals surface area (Å²) in [6.45, 7) is 6.69. The zero-order valence-corrected chi connectivity index (χ0v) is 18.5. The van der Waals surface area contributed by atoms with Gasteiger partial charge in [0.25, 0.3) is 0 Å². The molecule has 0 spiro atoms. The average Bonchev–Trinajstić information content (AvgIpc) is 3.02. The molecule has 4 aliphatic carbocycles. The van der Waals surface area contributed by atoms with E-state index in [1.807, 2.05) is 0 Å². The van der Waals surface area contributed by atoms with Crippen molar-refractivity contribution in [2.45, 2.75) is 90.4 Å². The Kier molecular flexibility index (Phi) is 5.57. The maximum absolute atomic E-state index is 11.9. The van der Waals surface area contributed by atoms with Gasteiger partial charge in [-0.25, -0.2) is 0 Å². The second-order valence-corrected chi connectivity index (χ2v) is 11.3. The highest BCUT2D eigenvalue weighted by Crippen LogP contribution is 2.68. The molecule has 0 aromatic rings. The van der Waals surface area contributed by atoms with Gasteiger partial charge in [-0.1, -0.05) is 20.8 Å². The summed E-state index contributed by atoms with van der Waals surface area (Å²) in [4.78, 5) is 11.9. The van der Waals surface area contributed by atoms with E-state index in [9.17, 15) is 20.1 Å². The lowest BCUT2D eigenvalue weighted by Crippen LogP contribution is -2.62. The van der Waals surface area contributed by atoms with E-state index in [0.29, 0.717) is 24.2 Å². The second-order valence-electron chi connectivity index (χ2n) is 11.3. The molecule has 4 fully saturated rings. The number of carbonyl (C=O) groups excluding carboxylic acids is 1. The lowest BCUT2D eigenvalue weighted by atomic mass is 9.43. The molecule has 0 aliphatic heterocycles. The highest BCUT2D eigenvalue weighted by atomic mass is 16.5. The van der Waals surface area contributed by atoms with Gasteiger partial charge in [-0.15, -0.1) is 0 Å². The Hall–Kier alpha value is -0.650. The number of hydrogen-bond acceptors (Lipinski definition) is 5. The van der Waals surface area contributed by atoms with Crippen LogP contribution in [0.1, 0.15) is 72.1 Å². The first kappa shape index (κ1) is 21.6. The van der Waals surface area contributed by atoms with Gasteiger partial charge in [-0.3, -0.25) is 4.79 Å². The molecule has 5 heteroatoms. The summed E-state index contributed by atoms with van der Waals surface area (Å²) in [5.74, 6) is 1.42. The average molecular weight is 409 g/mol. The molecular weight excluding hydrogens is 368 g/mol. The van der Waals surface area contributed by atoms with E-state index in [4.69, 9.17) is 4.74 Å². The summed E-state index contributed by atoms with van der Waals surface area (Å²) >= 11 is 0. The minimum absolute atomic E-state index is 0.0984. The molecule has 29 heavy (non-hydrogen) atoms. The van der Waals surface area contributed by atoms with Gasteiger partial charge in [0, 0.05) is 6.42 Å². The molecule has 0 radical (unpaired) electrons. The van der Waals surface area contributed by atoms with Crippen molar-refractivity contribution in [1.82, 2.24) is 0 Å². The third-order valence-corrected chi connectivity index (χ3v) is 10.2. The van der Waals surface area contributed by atoms with Crippen LogP contribution in [-0.4, -0.2) is 46.7 Å². The highest BCUT2D eigenvalue weighted by molar-refractivity contribution is 5.69. The van der Waals surface area contributed by atoms with Crippen LogP contribution in [0.4, 0.5) is 0 Å². The molecular formula is C24H40O5. The van der Waals surface area contributed by atoms with Crippen LogP contribution in [0.5, 0.6) is 0 Å². The zero-order chi connectivity index (χ0) is 21.1. The first-order valence-electron chi connectivity index (χ1n) is 11.7. The number of ether oxygens (including phenoxy) is 1. The number of methoxy groups -OCH3 is 1. The fourth-order valence-corrected chi connectivity index (χ4v) is 8.62. The number of aliphatic hydroxyl groups excluding tert-OH is 3. The van der Waals surface area contributed by atoms with E-state index < -0.39 is 6.10 Å². The largest absolute Gasteiger partial charge is 0.469 e. The Morgan fingerprint density at radius 2 is 1.79 bits per heavy atom. The maximum atomic E-state index is 11.9. The number of rotatable bonds is 3. The Balaban J connectivity index is 1.62. The van der Waals surface area contributed by atoms with Crippen LogP contribution in [0.2, 0.25) is 0 Å². The first-order chi connectivity index (χ1) is 13.6. The third-order valence-electron chi connectivity index (χ3n) is 10.2. The van der Waals surface area contributed by atoms with E-state index >= 15 is 0 Å². The summed E-state index contributed by atoms with van der Waals surface area (Å²) in [6, 6.07) is 0. The fourth-order valence-electron chi connectivity index (χ4n) is 8.62. The number of aliphatic hydroxyl groups is 3. The van der Waals surface area contributed by atoms with E-state index in [2.05, 4.69) is 20.8 Å². The van der Waals surface area contributed by atoms with Gasteiger partial charge >= 0.3 is 5.97 Å². The van der Waals surface area contributed by atoms with E-state index in [1.54, 1.807) is 0 Å². The van der Waals surface area contributed by atoms with Gasteiger partial charge < -0.3 is 20.1 Å². The van der Waals surface area contributed by atoms with Crippen LogP contribution >= 0.6 is 0 Å². The molecule has 0 saturated heterocycles. The summed E-state index contributed by atoms with van der Waals surface area (Å²) in [5.41, 5.74) is -0.159. The normalized spacial score (nSPS) is 52.8. The van der Waals surface area contributed by atoms with Crippen LogP contribution in [0.25, 0.3) is 0 Å². The second kappa shape index (κ2) is 7.49. The lowest BCUT2D eigenvalue weighted by Gasteiger charge is -2.63. The van der Waals surface area contributed by atoms with E-state index in [1.165, 1.54) is 7.11 Å². The van der Waals surface area contributed by atoms with Crippen LogP contribution in [0.15, 0.2) is 0 Å². The van der Waals surface area contributed by atoms with E-state index in [0.717, 1.165) is 44.9 Å². The molecule has 0 unspecified atom stereocenters. The molecule has 0 amide bonds. The molecule has 0 bridgehead atoms. The van der Waals surface area contributed by atoms with Crippen LogP contribution in [-0.2, 0) is 9.53 Å². The maximum Gasteiger partial charge on any atom is 0.305 e. The van der Waals surface area contributed by atoms with Crippen molar-refractivity contribution in [3.05, 3.63) is 0 Å². The minimum atomic E-state index is -0.407. The molecule has 4 aliphatic rings. The molecule has 0 heterocycles. The fraction of sp³-hybridized carbons (Fsp3) is 0.958. The van der Waals surface area contributed by atoms with Gasteiger partial charge in [0.2, 0.25) is 0 Å². The lowest BCUT2D eigenvalue weighted by molar-refractivity contribution is -0.207. The van der Waals surface area contributed by atoms with E-state index in [-0.39, 0.29) is 46.8 Å². The summed E-state index contributed by atoms with van der Waals surface area (Å²) < 4.78 is 4.90. The molecule has 0 aromatic heterocycles. The van der Waals surface area contributed by atoms with Crippen molar-refractivity contribution >= 4 is 5.97 Å². The van der Waals surface area contributed by atoms with Gasteiger partial charge in [-0.05, 0) is 91.3 Å². The molecule has 3 N–H and O–H groups in total. The first-order valence-corrected chi connectivity index (χ1v) is 11.7. The van der Waals surface area contributed by atoms with Gasteiger partial charge in [0.1, 0.15) is 0 Å². The Morgan fingerprint density at radius 3 is 2.48 bits per heavy atom. The zero-order valence-electron chi connectivity index (χ0n) is 18.5. The standard InChI is InChI=1S/C24H40O5/c1-13(9-21(28)29-4)16-5-6-17-22-18(12-20(27)24(16,17)3)23(2)8-7-15(25)10-14(23)11-19(22)26/h13-20,22,25-27H,5-12H2,1-4H3/t13-,14+,15-,16-,17+,18+,19-,20+,22+,23+,24-/m1/s1. The third kappa shape index (κ3) is 3.18. The summed E-state index contributed by atoms with van der Waals surface area (Å²) in [5, 5.41) is 33.0. The Labute approximate surface area is 175 Å². The predicted octanol–water partition coefficient (Wildman–Crippen LogP) is 3.15. The van der Waals surface area contributed by atoms with Crippen LogP contribution in [0.3, 0.4) is 0 Å². The number of carbonyl (C=O) groups is 1. The quantitative estimate of drug-likeness (QED) is 0.625. The molecule has 166 valence electrons. The van der Waals surface area contributed by atoms with Crippen molar-refractivity contribution in [3.63, 3.8) is 0 Å². The molecule has 4 rings (SSSR count). The van der Waals surface area contributed by atoms with Crippen molar-refractivity contribution in [2.24, 2.45) is 46.3 Å². The highest BCUT2D eigenvalue weighted by Gasteiger charge is 2.65. The predicted molar refractivity (Wildman–Crippen MR) is 110 cm³/mol. The van der Waals surface area contributed by atoms with Crippen molar-refractivity contribution in [2.75, 3.05) is 7.11 Å². The van der Waals surface area contributed by atoms with Crippen molar-refractivity contribution in [3.8, 4) is 0 Å². The Morgan fingerprint density at radius 1 is 1.07 bits per heavy atom. The molecule has 5 nitrogen and oxygen atoms in total. The monoisotopic (exact) mass is 408 g/mol. The summed E-state index contributed by atoms with van der Waals surface area (Å²) in [7, 11) is 1.44. The smallest absolute Gasteiger partial charge is 0.305 e. The summed E-state index contributed by atoms with van der Waals surface area (Å²) in [6.07, 6.45) is 5.54. The minimum Gasteiger partial charge on any atom is -0.469 e. The van der Waals surface area contributed by atoms with Crippen molar-refractivity contribution in [1.29, 1.82) is 0 Å². The van der Waals surface area contributed by atoms with Crippen LogP contribution < -0.4 is 0 Å². The van der Waals surface area contributed by atoms with Crippen LogP contribution in [0, 0.1) is 46.3 Å². The molecule has 11 atom stereocenters. The van der Waals surface area contributed by atoms with Gasteiger partial charge in [-0.2, -0.15) is 0 Å². The number of hydrogen-bond donors (Lipinski definition) is 3. The SMILES string of the molecule is COC(=O)C[C@@H](C)[C@H]1CC[C@H]2[C@@H]3[C@H](O)C[C@@H]4C[C@H](O)CC[C@]4(C)[C@H]3C[C@H](O)[C@]12C. The molecule has 0 aromatic carbocycles. The number of esters is 1. The number of fused-ring (bicyclic) bond motifs is 5. The molecule has 4 saturated carbocycles. The van der Waals surface area contributed by atoms with Gasteiger partial charge in [0.05, 0.1) is 25.4 Å². The van der Waals surface area contributed by atoms with Crippen molar-refractivity contribution < 1.29 is 24.9 Å². The van der Waals surface area contributed by atoms with Gasteiger partial charge in [0.15, 0.2) is 0 Å².